The molecule has 0 fully saturated rings. The van der Waals surface area contributed by atoms with Crippen LogP contribution in [0.25, 0.3) is 0 Å². The minimum atomic E-state index is -0.288. The summed E-state index contributed by atoms with van der Waals surface area (Å²) in [6.45, 7) is 3.91. The number of para-hydroxylation sites is 1. The summed E-state index contributed by atoms with van der Waals surface area (Å²) in [5.74, 6) is 0.822. The number of hydrogen-bond donors (Lipinski definition) is 2. The number of anilines is 1. The molecule has 148 valence electrons. The van der Waals surface area contributed by atoms with Crippen LogP contribution in [0.1, 0.15) is 15.9 Å². The van der Waals surface area contributed by atoms with Crippen LogP contribution in [0.4, 0.5) is 5.69 Å². The van der Waals surface area contributed by atoms with Crippen LogP contribution in [0.2, 0.25) is 0 Å². The van der Waals surface area contributed by atoms with Gasteiger partial charge in [0.1, 0.15) is 0 Å². The van der Waals surface area contributed by atoms with Crippen molar-refractivity contribution in [3.63, 3.8) is 0 Å². The molecule has 0 spiro atoms. The third-order valence-electron chi connectivity index (χ3n) is 3.94. The highest BCUT2D eigenvalue weighted by atomic mass is 16.5. The van der Waals surface area contributed by atoms with Gasteiger partial charge in [-0.05, 0) is 29.8 Å². The van der Waals surface area contributed by atoms with Crippen LogP contribution in [0.3, 0.4) is 0 Å². The second-order valence-corrected chi connectivity index (χ2v) is 5.80. The quantitative estimate of drug-likeness (QED) is 0.650. The summed E-state index contributed by atoms with van der Waals surface area (Å²) in [7, 11) is 4.54. The Kier molecular flexibility index (Phi) is 7.45. The molecule has 2 rings (SSSR count). The molecule has 0 bridgehead atoms. The zero-order valence-electron chi connectivity index (χ0n) is 16.2. The number of rotatable bonds is 9. The molecule has 2 amide bonds. The van der Waals surface area contributed by atoms with Crippen molar-refractivity contribution in [1.82, 2.24) is 5.32 Å². The number of hydrogen-bond acceptors (Lipinski definition) is 5. The Hall–Kier alpha value is -3.48. The Bertz CT molecular complexity index is 839. The van der Waals surface area contributed by atoms with E-state index in [4.69, 9.17) is 14.2 Å². The largest absolute Gasteiger partial charge is 0.493 e. The molecule has 0 saturated heterocycles. The fraction of sp³-hybridized carbons (Fsp3) is 0.238. The van der Waals surface area contributed by atoms with Crippen molar-refractivity contribution in [2.24, 2.45) is 0 Å². The first-order valence-electron chi connectivity index (χ1n) is 8.60. The van der Waals surface area contributed by atoms with Gasteiger partial charge in [0.25, 0.3) is 5.91 Å². The highest BCUT2D eigenvalue weighted by Gasteiger charge is 2.16. The second-order valence-electron chi connectivity index (χ2n) is 5.80. The summed E-state index contributed by atoms with van der Waals surface area (Å²) in [6, 6.07) is 10.2. The van der Waals surface area contributed by atoms with E-state index in [1.54, 1.807) is 42.5 Å². The lowest BCUT2D eigenvalue weighted by Gasteiger charge is -2.14. The van der Waals surface area contributed by atoms with Crippen molar-refractivity contribution in [3.05, 3.63) is 60.2 Å². The molecule has 7 heteroatoms. The molecule has 28 heavy (non-hydrogen) atoms. The molecule has 0 aliphatic heterocycles. The van der Waals surface area contributed by atoms with Crippen molar-refractivity contribution < 1.29 is 23.8 Å². The molecule has 2 aromatic carbocycles. The van der Waals surface area contributed by atoms with Crippen LogP contribution in [0.15, 0.2) is 49.1 Å². The Labute approximate surface area is 164 Å². The molecule has 0 aliphatic carbocycles. The molecule has 7 nitrogen and oxygen atoms in total. The number of benzene rings is 2. The van der Waals surface area contributed by atoms with Crippen molar-refractivity contribution in [2.45, 2.75) is 6.42 Å². The van der Waals surface area contributed by atoms with Gasteiger partial charge in [-0.15, -0.1) is 6.58 Å². The maximum absolute atomic E-state index is 12.6. The Morgan fingerprint density at radius 1 is 1.04 bits per heavy atom. The zero-order chi connectivity index (χ0) is 20.5. The third-order valence-corrected chi connectivity index (χ3v) is 3.94. The molecule has 2 aromatic rings. The van der Waals surface area contributed by atoms with Crippen molar-refractivity contribution in [2.75, 3.05) is 33.2 Å². The number of carbonyl (C=O) groups is 2. The van der Waals surface area contributed by atoms with E-state index < -0.39 is 0 Å². The molecule has 2 N–H and O–H groups in total. The lowest BCUT2D eigenvalue weighted by Crippen LogP contribution is -2.25. The van der Waals surface area contributed by atoms with E-state index in [1.807, 2.05) is 0 Å². The average molecular weight is 384 g/mol. The smallest absolute Gasteiger partial charge is 0.253 e. The van der Waals surface area contributed by atoms with Gasteiger partial charge in [0.05, 0.1) is 39.0 Å². The highest BCUT2D eigenvalue weighted by molar-refractivity contribution is 6.04. The molecule has 0 saturated carbocycles. The number of ether oxygens (including phenoxy) is 3. The summed E-state index contributed by atoms with van der Waals surface area (Å²) < 4.78 is 15.9. The molecule has 0 aromatic heterocycles. The number of carbonyl (C=O) groups excluding carboxylic acids is 2. The van der Waals surface area contributed by atoms with Gasteiger partial charge in [-0.2, -0.15) is 0 Å². The van der Waals surface area contributed by atoms with E-state index in [9.17, 15) is 9.59 Å². The first kappa shape index (κ1) is 20.8. The van der Waals surface area contributed by atoms with Crippen LogP contribution in [0, 0.1) is 0 Å². The topological polar surface area (TPSA) is 85.9 Å². The van der Waals surface area contributed by atoms with Gasteiger partial charge in [-0.3, -0.25) is 9.59 Å². The lowest BCUT2D eigenvalue weighted by molar-refractivity contribution is -0.115. The van der Waals surface area contributed by atoms with Crippen LogP contribution in [-0.2, 0) is 11.2 Å². The fourth-order valence-corrected chi connectivity index (χ4v) is 2.67. The van der Waals surface area contributed by atoms with Crippen LogP contribution < -0.4 is 24.8 Å². The van der Waals surface area contributed by atoms with E-state index >= 15 is 0 Å². The fourth-order valence-electron chi connectivity index (χ4n) is 2.67. The molecular weight excluding hydrogens is 360 g/mol. The van der Waals surface area contributed by atoms with Crippen molar-refractivity contribution in [1.29, 1.82) is 0 Å². The summed E-state index contributed by atoms with van der Waals surface area (Å²) in [6.07, 6.45) is 1.66. The summed E-state index contributed by atoms with van der Waals surface area (Å²) in [5, 5.41) is 5.48. The van der Waals surface area contributed by atoms with Gasteiger partial charge in [-0.25, -0.2) is 0 Å². The van der Waals surface area contributed by atoms with E-state index in [2.05, 4.69) is 17.2 Å². The Balaban J connectivity index is 2.19. The Morgan fingerprint density at radius 2 is 1.68 bits per heavy atom. The van der Waals surface area contributed by atoms with Crippen LogP contribution >= 0.6 is 0 Å². The van der Waals surface area contributed by atoms with Gasteiger partial charge < -0.3 is 24.8 Å². The standard InChI is InChI=1S/C21H24N2O5/c1-5-10-22-21(25)15-8-6-7-9-16(15)23-19(24)13-14-11-17(26-2)20(28-4)18(12-14)27-3/h5-9,11-12H,1,10,13H2,2-4H3,(H,22,25)(H,23,24). The van der Waals surface area contributed by atoms with Gasteiger partial charge in [0.15, 0.2) is 11.5 Å². The first-order chi connectivity index (χ1) is 13.5. The molecule has 0 heterocycles. The molecular formula is C21H24N2O5. The molecule has 0 unspecified atom stereocenters. The monoisotopic (exact) mass is 384 g/mol. The predicted octanol–water partition coefficient (Wildman–Crippen LogP) is 2.81. The van der Waals surface area contributed by atoms with E-state index in [-0.39, 0.29) is 18.2 Å². The van der Waals surface area contributed by atoms with Gasteiger partial charge in [0.2, 0.25) is 11.7 Å². The SMILES string of the molecule is C=CCNC(=O)c1ccccc1NC(=O)Cc1cc(OC)c(OC)c(OC)c1. The van der Waals surface area contributed by atoms with Crippen molar-refractivity contribution >= 4 is 17.5 Å². The van der Waals surface area contributed by atoms with E-state index in [0.29, 0.717) is 40.6 Å². The lowest BCUT2D eigenvalue weighted by atomic mass is 10.1. The van der Waals surface area contributed by atoms with Crippen LogP contribution in [-0.4, -0.2) is 39.7 Å². The normalized spacial score (nSPS) is 9.96. The maximum atomic E-state index is 12.6. The van der Waals surface area contributed by atoms with Gasteiger partial charge in [0, 0.05) is 6.54 Å². The number of amides is 2. The maximum Gasteiger partial charge on any atom is 0.253 e. The third kappa shape index (κ3) is 5.03. The van der Waals surface area contributed by atoms with Gasteiger partial charge >= 0.3 is 0 Å². The number of nitrogens with one attached hydrogen (secondary N) is 2. The minimum absolute atomic E-state index is 0.0688. The van der Waals surface area contributed by atoms with Gasteiger partial charge in [-0.1, -0.05) is 18.2 Å². The summed E-state index contributed by atoms with van der Waals surface area (Å²) in [4.78, 5) is 24.8. The first-order valence-corrected chi connectivity index (χ1v) is 8.60. The summed E-state index contributed by atoms with van der Waals surface area (Å²) in [5.41, 5.74) is 1.49. The zero-order valence-corrected chi connectivity index (χ0v) is 16.2. The highest BCUT2D eigenvalue weighted by Crippen LogP contribution is 2.38. The Morgan fingerprint density at radius 3 is 2.25 bits per heavy atom. The average Bonchev–Trinajstić information content (AvgIpc) is 2.71. The molecule has 0 radical (unpaired) electrons. The summed E-state index contributed by atoms with van der Waals surface area (Å²) >= 11 is 0. The second kappa shape index (κ2) is 10.0. The van der Waals surface area contributed by atoms with E-state index in [1.165, 1.54) is 21.3 Å². The van der Waals surface area contributed by atoms with Crippen LogP contribution in [0.5, 0.6) is 17.2 Å². The number of methoxy groups -OCH3 is 3. The van der Waals surface area contributed by atoms with Crippen molar-refractivity contribution in [3.8, 4) is 17.2 Å². The minimum Gasteiger partial charge on any atom is -0.493 e. The van der Waals surface area contributed by atoms with E-state index in [0.717, 1.165) is 0 Å². The predicted molar refractivity (Wildman–Crippen MR) is 107 cm³/mol. The molecule has 0 atom stereocenters. The molecule has 0 aliphatic rings.